The van der Waals surface area contributed by atoms with Crippen LogP contribution in [-0.4, -0.2) is 86.3 Å². The number of carbonyl (C=O) groups is 1. The van der Waals surface area contributed by atoms with E-state index >= 15 is 0 Å². The second-order valence-corrected chi connectivity index (χ2v) is 15.7. The van der Waals surface area contributed by atoms with Crippen LogP contribution in [0.1, 0.15) is 26.3 Å². The van der Waals surface area contributed by atoms with Crippen molar-refractivity contribution in [3.8, 4) is 17.2 Å². The Morgan fingerprint density at radius 1 is 0.891 bits per heavy atom. The predicted octanol–water partition coefficient (Wildman–Crippen LogP) is 3.17. The quantitative estimate of drug-likeness (QED) is 0.322. The summed E-state index contributed by atoms with van der Waals surface area (Å²) in [5, 5.41) is 2.75. The minimum atomic E-state index is -4.07. The molecule has 0 radical (unpaired) electrons. The fourth-order valence-electron chi connectivity index (χ4n) is 5.06. The van der Waals surface area contributed by atoms with Gasteiger partial charge in [-0.2, -0.15) is 4.31 Å². The lowest BCUT2D eigenvalue weighted by Crippen LogP contribution is -2.51. The van der Waals surface area contributed by atoms with Crippen LogP contribution in [0.5, 0.6) is 17.2 Å². The van der Waals surface area contributed by atoms with E-state index in [9.17, 15) is 21.6 Å². The highest BCUT2D eigenvalue weighted by Gasteiger charge is 2.38. The number of rotatable bonds is 10. The minimum absolute atomic E-state index is 0.0543. The number of ether oxygens (including phenoxy) is 4. The van der Waals surface area contributed by atoms with Crippen LogP contribution in [0.25, 0.3) is 0 Å². The Morgan fingerprint density at radius 2 is 1.50 bits per heavy atom. The Kier molecular flexibility index (Phi) is 9.82. The number of sulfonamides is 2. The first kappa shape index (κ1) is 33.5. The molecule has 12 nitrogen and oxygen atoms in total. The summed E-state index contributed by atoms with van der Waals surface area (Å²) in [4.78, 5) is 13.4. The number of benzene rings is 3. The van der Waals surface area contributed by atoms with E-state index in [0.29, 0.717) is 43.5 Å². The highest BCUT2D eigenvalue weighted by atomic mass is 32.2. The largest absolute Gasteiger partial charge is 0.497 e. The maximum absolute atomic E-state index is 13.9. The van der Waals surface area contributed by atoms with Crippen LogP contribution in [0, 0.1) is 0 Å². The monoisotopic (exact) mass is 673 g/mol. The lowest BCUT2D eigenvalue weighted by molar-refractivity contribution is -0.127. The second-order valence-electron chi connectivity index (χ2n) is 11.9. The Hall–Kier alpha value is -3.85. The predicted molar refractivity (Wildman–Crippen MR) is 172 cm³/mol. The minimum Gasteiger partial charge on any atom is -0.497 e. The SMILES string of the molecule is COc1ccc(S(=O)(=O)N2C[C@H](C(=O)NCCOc3ccc(S(=O)(=O)N4CCOCC4)cc3)Oc3ccc(C(C)(C)C)cc32)cc1. The van der Waals surface area contributed by atoms with Gasteiger partial charge in [0.25, 0.3) is 15.9 Å². The third-order valence-electron chi connectivity index (χ3n) is 7.74. The van der Waals surface area contributed by atoms with Crippen molar-refractivity contribution in [1.82, 2.24) is 9.62 Å². The molecule has 0 aromatic heterocycles. The van der Waals surface area contributed by atoms with Crippen LogP contribution >= 0.6 is 0 Å². The average molecular weight is 674 g/mol. The van der Waals surface area contributed by atoms with Crippen molar-refractivity contribution >= 4 is 31.6 Å². The number of fused-ring (bicyclic) bond motifs is 1. The number of carbonyl (C=O) groups excluding carboxylic acids is 1. The molecule has 0 spiro atoms. The van der Waals surface area contributed by atoms with E-state index in [-0.39, 0.29) is 40.7 Å². The molecule has 1 atom stereocenters. The summed E-state index contributed by atoms with van der Waals surface area (Å²) in [5.74, 6) is 0.727. The van der Waals surface area contributed by atoms with E-state index in [4.69, 9.17) is 18.9 Å². The number of nitrogens with one attached hydrogen (secondary N) is 1. The standard InChI is InChI=1S/C32H39N3O9S2/c1-32(2,3)23-5-14-29-28(21-23)35(46(39,40)27-10-6-24(41-4)7-11-27)22-30(44-29)31(36)33-15-18-43-25-8-12-26(13-9-25)45(37,38)34-16-19-42-20-17-34/h5-14,21,30H,15-20,22H2,1-4H3,(H,33,36)/t30-/m1/s1. The zero-order valence-electron chi connectivity index (χ0n) is 26.3. The average Bonchev–Trinajstić information content (AvgIpc) is 3.06. The zero-order chi connectivity index (χ0) is 33.1. The van der Waals surface area contributed by atoms with Gasteiger partial charge in [-0.1, -0.05) is 26.8 Å². The molecule has 1 amide bonds. The number of morpholine rings is 1. The van der Waals surface area contributed by atoms with Crippen molar-refractivity contribution in [2.75, 3.05) is 57.4 Å². The van der Waals surface area contributed by atoms with Gasteiger partial charge in [-0.05, 0) is 71.6 Å². The van der Waals surface area contributed by atoms with Gasteiger partial charge in [0.1, 0.15) is 23.9 Å². The topological polar surface area (TPSA) is 141 Å². The lowest BCUT2D eigenvalue weighted by atomic mass is 9.86. The molecule has 0 unspecified atom stereocenters. The smallest absolute Gasteiger partial charge is 0.264 e. The van der Waals surface area contributed by atoms with Crippen molar-refractivity contribution in [3.05, 3.63) is 72.3 Å². The molecule has 2 heterocycles. The lowest BCUT2D eigenvalue weighted by Gasteiger charge is -2.36. The van der Waals surface area contributed by atoms with Gasteiger partial charge in [0.2, 0.25) is 10.0 Å². The molecule has 0 aliphatic carbocycles. The Labute approximate surface area is 270 Å². The van der Waals surface area contributed by atoms with Crippen LogP contribution < -0.4 is 23.8 Å². The molecular weight excluding hydrogens is 634 g/mol. The number of anilines is 1. The zero-order valence-corrected chi connectivity index (χ0v) is 27.9. The third-order valence-corrected chi connectivity index (χ3v) is 11.4. The first-order valence-electron chi connectivity index (χ1n) is 14.9. The van der Waals surface area contributed by atoms with Crippen LogP contribution in [0.4, 0.5) is 5.69 Å². The Bertz CT molecular complexity index is 1750. The summed E-state index contributed by atoms with van der Waals surface area (Å²) in [6.45, 7) is 7.38. The first-order chi connectivity index (χ1) is 21.8. The van der Waals surface area contributed by atoms with E-state index < -0.39 is 32.1 Å². The van der Waals surface area contributed by atoms with E-state index in [0.717, 1.165) is 5.56 Å². The van der Waals surface area contributed by atoms with Crippen molar-refractivity contribution in [3.63, 3.8) is 0 Å². The van der Waals surface area contributed by atoms with Crippen LogP contribution in [0.3, 0.4) is 0 Å². The van der Waals surface area contributed by atoms with Crippen LogP contribution in [0.2, 0.25) is 0 Å². The van der Waals surface area contributed by atoms with E-state index in [1.807, 2.05) is 26.8 Å². The molecule has 3 aromatic rings. The molecule has 14 heteroatoms. The van der Waals surface area contributed by atoms with Gasteiger partial charge in [0, 0.05) is 13.1 Å². The molecule has 1 saturated heterocycles. The molecule has 248 valence electrons. The van der Waals surface area contributed by atoms with Gasteiger partial charge in [0.05, 0.1) is 48.9 Å². The van der Waals surface area contributed by atoms with Gasteiger partial charge >= 0.3 is 0 Å². The normalized spacial score (nSPS) is 17.5. The fraction of sp³-hybridized carbons (Fsp3) is 0.406. The van der Waals surface area contributed by atoms with Crippen LogP contribution in [-0.2, 0) is 35.0 Å². The third kappa shape index (κ3) is 7.25. The van der Waals surface area contributed by atoms with Crippen molar-refractivity contribution < 1.29 is 40.6 Å². The van der Waals surface area contributed by atoms with Gasteiger partial charge in [-0.15, -0.1) is 0 Å². The maximum Gasteiger partial charge on any atom is 0.264 e. The second kappa shape index (κ2) is 13.5. The van der Waals surface area contributed by atoms with E-state index in [2.05, 4.69) is 5.32 Å². The van der Waals surface area contributed by atoms with E-state index in [1.54, 1.807) is 36.4 Å². The van der Waals surface area contributed by atoms with Gasteiger partial charge < -0.3 is 24.3 Å². The molecule has 0 saturated carbocycles. The number of amides is 1. The summed E-state index contributed by atoms with van der Waals surface area (Å²) in [6, 6.07) is 17.5. The molecular formula is C32H39N3O9S2. The molecule has 0 bridgehead atoms. The van der Waals surface area contributed by atoms with Crippen LogP contribution in [0.15, 0.2) is 76.5 Å². The molecule has 3 aromatic carbocycles. The molecule has 5 rings (SSSR count). The number of hydrogen-bond acceptors (Lipinski definition) is 9. The Balaban J connectivity index is 1.25. The van der Waals surface area contributed by atoms with E-state index in [1.165, 1.54) is 40.0 Å². The molecule has 2 aliphatic rings. The van der Waals surface area contributed by atoms with Crippen molar-refractivity contribution in [2.24, 2.45) is 0 Å². The highest BCUT2D eigenvalue weighted by Crippen LogP contribution is 2.40. The summed E-state index contributed by atoms with van der Waals surface area (Å²) in [5.41, 5.74) is 1.02. The summed E-state index contributed by atoms with van der Waals surface area (Å²) in [6.07, 6.45) is -1.12. The van der Waals surface area contributed by atoms with Gasteiger partial charge in [-0.3, -0.25) is 9.10 Å². The first-order valence-corrected chi connectivity index (χ1v) is 17.8. The number of nitrogens with zero attached hydrogens (tertiary/aromatic N) is 2. The van der Waals surface area contributed by atoms with Gasteiger partial charge in [-0.25, -0.2) is 16.8 Å². The number of methoxy groups -OCH3 is 1. The summed E-state index contributed by atoms with van der Waals surface area (Å²) < 4.78 is 78.2. The Morgan fingerprint density at radius 3 is 2.11 bits per heavy atom. The highest BCUT2D eigenvalue weighted by molar-refractivity contribution is 7.92. The maximum atomic E-state index is 13.9. The summed E-state index contributed by atoms with van der Waals surface area (Å²) in [7, 11) is -6.19. The molecule has 1 fully saturated rings. The molecule has 46 heavy (non-hydrogen) atoms. The van der Waals surface area contributed by atoms with Crippen molar-refractivity contribution in [2.45, 2.75) is 42.1 Å². The van der Waals surface area contributed by atoms with Crippen molar-refractivity contribution in [1.29, 1.82) is 0 Å². The molecule has 1 N–H and O–H groups in total. The molecule has 2 aliphatic heterocycles. The fourth-order valence-corrected chi connectivity index (χ4v) is 7.93. The van der Waals surface area contributed by atoms with Gasteiger partial charge in [0.15, 0.2) is 6.10 Å². The number of hydrogen-bond donors (Lipinski definition) is 1. The summed E-state index contributed by atoms with van der Waals surface area (Å²) >= 11 is 0.